The molecule has 4 aliphatic rings. The maximum Gasteiger partial charge on any atom is 0.258 e. The van der Waals surface area contributed by atoms with E-state index in [1.54, 1.807) is 58.6 Å². The Morgan fingerprint density at radius 2 is 0.961 bits per heavy atom. The monoisotopic (exact) mass is 1940 g/mol. The van der Waals surface area contributed by atoms with Crippen LogP contribution in [0.1, 0.15) is 144 Å². The standard InChI is InChI=1S/C53H66F4IN7O10S.C36H53FN6O8S/c1-32-47(76-31-61-32)34-8-6-33(7-9-34)41(63-49(69)42-27-36(66)29-65(42)50(70)48(52(2,3)4)64-51(71)53(57)14-15-53)28-44(68)60-18-21-73-23-25-74-24-22-72-20-17-59-16-5-19-75-30-43(67)37-11-12-38(54)45(56)46(37)62-40-13-10-35(58)26-39(40)55;1-23-30(52-22-40-23)25-7-5-24(6-8-25)27(20-29(45)39-12-14-50-16-18-51-17-15-49-13-11-38)41-32(46)28-19-26(44)21-43(28)33(47)31(35(2,3)4)42-34(48)36(37)9-10-36/h6-13,26,31,36,41-42,48,59,62,66H,5,14-25,27-30H2,1-4H3,(H,60,68)(H,63,69)(H,64,71);5-8,22,26-28,31,44H,9-21,38H2,1-4H3,(H,39,45)(H,41,46)(H,42,48)/t36-,41+,42+,48?;26-,27+,28+,31?/m11/s1. The molecule has 4 fully saturated rings. The van der Waals surface area contributed by atoms with Gasteiger partial charge in [-0.05, 0) is 139 Å². The molecule has 2 saturated heterocycles. The topological polar surface area (TPSA) is 413 Å². The SMILES string of the molecule is Cc1ncsc1-c1ccc([C@H](CC(=O)NCCOCCOCCOCCN)NC(=O)[C@@H]2C[C@@H](O)CN2C(=O)C(NC(=O)C2(F)CC2)C(C)(C)C)cc1.Cc1ncsc1-c1ccc([C@H](CC(=O)NCCOCCOCCOCCNCCCOCC(=O)c2ccc(F)c(F)c2Nc2ccc(I)cc2F)NC(=O)[C@@H]2C[C@@H](O)CN2C(=O)C(NC(=O)C2(F)CC2)C(C)(C)C)cc1. The quantitative estimate of drug-likeness (QED) is 0.00740. The van der Waals surface area contributed by atoms with Crippen LogP contribution < -0.4 is 48.3 Å². The predicted octanol–water partition coefficient (Wildman–Crippen LogP) is 8.26. The normalized spacial score (nSPS) is 17.7. The van der Waals surface area contributed by atoms with Crippen molar-refractivity contribution in [3.63, 3.8) is 0 Å². The van der Waals surface area contributed by atoms with Crippen molar-refractivity contribution in [2.24, 2.45) is 16.6 Å². The molecule has 128 heavy (non-hydrogen) atoms. The summed E-state index contributed by atoms with van der Waals surface area (Å²) in [7, 11) is 0. The number of rotatable bonds is 50. The fraction of sp³-hybridized carbons (Fsp3) is 0.562. The van der Waals surface area contributed by atoms with Crippen molar-refractivity contribution < 1.29 is 108 Å². The maximum atomic E-state index is 14.7. The lowest BCUT2D eigenvalue weighted by Crippen LogP contribution is -2.59. The van der Waals surface area contributed by atoms with Gasteiger partial charge in [0.1, 0.15) is 36.6 Å². The second kappa shape index (κ2) is 49.5. The van der Waals surface area contributed by atoms with Crippen molar-refractivity contribution in [1.29, 1.82) is 0 Å². The molecule has 10 rings (SSSR count). The number of likely N-dealkylation sites (tertiary alicyclic amines) is 2. The van der Waals surface area contributed by atoms with E-state index in [4.69, 9.17) is 38.9 Å². The Hall–Kier alpha value is -8.69. The lowest BCUT2D eigenvalue weighted by Gasteiger charge is -2.36. The molecule has 0 radical (unpaired) electrons. The number of hydrogen-bond acceptors (Lipinski definition) is 25. The number of alkyl halides is 2. The van der Waals surface area contributed by atoms with Gasteiger partial charge in [0.05, 0.1) is 160 Å². The van der Waals surface area contributed by atoms with Crippen LogP contribution in [0.25, 0.3) is 20.9 Å². The van der Waals surface area contributed by atoms with Gasteiger partial charge in [-0.3, -0.25) is 43.2 Å². The average molecular weight is 1950 g/mol. The number of benzene rings is 4. The Morgan fingerprint density at radius 3 is 1.36 bits per heavy atom. The number of amides is 8. The van der Waals surface area contributed by atoms with Gasteiger partial charge in [-0.2, -0.15) is 0 Å². The summed E-state index contributed by atoms with van der Waals surface area (Å²) in [4.78, 5) is 134. The molecular formula is C89H119F5IN13O18S2. The molecule has 6 aromatic rings. The minimum Gasteiger partial charge on any atom is -0.391 e. The van der Waals surface area contributed by atoms with Crippen molar-refractivity contribution in [1.82, 2.24) is 57.0 Å². The van der Waals surface area contributed by atoms with Crippen LogP contribution in [0.5, 0.6) is 0 Å². The Kier molecular flexibility index (Phi) is 39.9. The number of ether oxygens (including phenoxy) is 7. The van der Waals surface area contributed by atoms with Crippen LogP contribution in [-0.4, -0.2) is 269 Å². The first-order chi connectivity index (χ1) is 61.0. The summed E-state index contributed by atoms with van der Waals surface area (Å²) in [6.45, 7) is 19.9. The van der Waals surface area contributed by atoms with E-state index < -0.39 is 135 Å². The van der Waals surface area contributed by atoms with Crippen LogP contribution in [0.2, 0.25) is 0 Å². The number of ketones is 1. The first-order valence-corrected chi connectivity index (χ1v) is 45.6. The third-order valence-electron chi connectivity index (χ3n) is 21.5. The summed E-state index contributed by atoms with van der Waals surface area (Å²) in [6, 6.07) is 14.8. The number of nitrogens with one attached hydrogen (secondary N) is 8. The maximum absolute atomic E-state index is 14.7. The van der Waals surface area contributed by atoms with Crippen molar-refractivity contribution in [2.45, 2.75) is 173 Å². The molecule has 2 saturated carbocycles. The number of carbonyl (C=O) groups is 9. The number of β-amino-alcohol motifs (C(OH)–C–C–N with tert-alkyl or cyclic N) is 2. The van der Waals surface area contributed by atoms with E-state index in [9.17, 15) is 75.3 Å². The number of thiazole rings is 2. The molecule has 2 unspecified atom stereocenters. The van der Waals surface area contributed by atoms with E-state index in [1.165, 1.54) is 44.6 Å². The molecule has 4 heterocycles. The summed E-state index contributed by atoms with van der Waals surface area (Å²) in [5, 5.41) is 43.7. The lowest BCUT2D eigenvalue weighted by atomic mass is 9.85. The van der Waals surface area contributed by atoms with Crippen LogP contribution in [0, 0.1) is 45.7 Å². The zero-order valence-corrected chi connectivity index (χ0v) is 77.2. The minimum atomic E-state index is -2.02. The molecule has 2 aliphatic heterocycles. The van der Waals surface area contributed by atoms with Gasteiger partial charge in [-0.1, -0.05) is 90.1 Å². The Labute approximate surface area is 763 Å². The highest BCUT2D eigenvalue weighted by molar-refractivity contribution is 14.1. The number of aromatic nitrogens is 2. The van der Waals surface area contributed by atoms with Gasteiger partial charge >= 0.3 is 0 Å². The molecule has 2 aliphatic carbocycles. The average Bonchev–Trinajstić information content (AvgIpc) is 1.63. The van der Waals surface area contributed by atoms with Crippen LogP contribution in [-0.2, 0) is 71.5 Å². The second-order valence-corrected chi connectivity index (χ2v) is 36.8. The Morgan fingerprint density at radius 1 is 0.539 bits per heavy atom. The molecule has 0 spiro atoms. The molecular weight excluding hydrogens is 1830 g/mol. The predicted molar refractivity (Wildman–Crippen MR) is 478 cm³/mol. The summed E-state index contributed by atoms with van der Waals surface area (Å²) >= 11 is 4.91. The number of aliphatic hydroxyl groups excluding tert-OH is 2. The number of halogens is 6. The smallest absolute Gasteiger partial charge is 0.258 e. The largest absolute Gasteiger partial charge is 0.391 e. The number of carbonyl (C=O) groups excluding carboxylic acids is 9. The zero-order valence-electron chi connectivity index (χ0n) is 73.4. The number of hydrogen-bond donors (Lipinski definition) is 11. The number of aliphatic hydroxyl groups is 2. The number of nitrogens with two attached hydrogens (primary N) is 1. The highest BCUT2D eigenvalue weighted by Gasteiger charge is 2.55. The fourth-order valence-electron chi connectivity index (χ4n) is 14.0. The highest BCUT2D eigenvalue weighted by atomic mass is 127. The molecule has 8 amide bonds. The van der Waals surface area contributed by atoms with Crippen LogP contribution >= 0.6 is 45.3 Å². The third-order valence-corrected chi connectivity index (χ3v) is 24.1. The number of aryl methyl sites for hydroxylation is 2. The van der Waals surface area contributed by atoms with Gasteiger partial charge in [0.2, 0.25) is 35.4 Å². The highest BCUT2D eigenvalue weighted by Crippen LogP contribution is 2.43. The van der Waals surface area contributed by atoms with E-state index >= 15 is 0 Å². The molecule has 0 bridgehead atoms. The molecule has 31 nitrogen and oxygen atoms in total. The van der Waals surface area contributed by atoms with Gasteiger partial charge in [0, 0.05) is 67.9 Å². The summed E-state index contributed by atoms with van der Waals surface area (Å²) in [6.07, 6.45) is -1.55. The summed E-state index contributed by atoms with van der Waals surface area (Å²) in [5.74, 6) is -8.59. The van der Waals surface area contributed by atoms with E-state index in [1.807, 2.05) is 85.0 Å². The van der Waals surface area contributed by atoms with Crippen LogP contribution in [0.3, 0.4) is 0 Å². The number of anilines is 2. The number of Topliss-reactive ketones (excluding diaryl/α,β-unsaturated/α-hetero) is 1. The fourth-order valence-corrected chi connectivity index (χ4v) is 16.1. The van der Waals surface area contributed by atoms with Crippen molar-refractivity contribution in [2.75, 3.05) is 144 Å². The molecule has 8 atom stereocenters. The molecule has 702 valence electrons. The molecule has 12 N–H and O–H groups in total. The zero-order chi connectivity index (χ0) is 92.9. The first kappa shape index (κ1) is 103. The first-order valence-electron chi connectivity index (χ1n) is 42.8. The van der Waals surface area contributed by atoms with E-state index in [2.05, 4.69) is 52.5 Å². The summed E-state index contributed by atoms with van der Waals surface area (Å²) < 4.78 is 112. The van der Waals surface area contributed by atoms with E-state index in [0.29, 0.717) is 93.6 Å². The lowest BCUT2D eigenvalue weighted by molar-refractivity contribution is -0.145. The molecule has 2 aromatic heterocycles. The van der Waals surface area contributed by atoms with E-state index in [0.717, 1.165) is 44.4 Å². The minimum absolute atomic E-state index is 0.0419. The van der Waals surface area contributed by atoms with E-state index in [-0.39, 0.29) is 140 Å². The van der Waals surface area contributed by atoms with Gasteiger partial charge < -0.3 is 101 Å². The number of nitrogens with zero attached hydrogens (tertiary/aromatic N) is 4. The molecule has 39 heteroatoms. The third kappa shape index (κ3) is 31.3. The van der Waals surface area contributed by atoms with Crippen molar-refractivity contribution >= 4 is 110 Å². The van der Waals surface area contributed by atoms with Crippen molar-refractivity contribution in [3.05, 3.63) is 139 Å². The van der Waals surface area contributed by atoms with Gasteiger partial charge in [0.25, 0.3) is 11.8 Å². The van der Waals surface area contributed by atoms with Gasteiger partial charge in [-0.15, -0.1) is 22.7 Å². The van der Waals surface area contributed by atoms with Gasteiger partial charge in [0.15, 0.2) is 28.8 Å². The Bertz CT molecular complexity index is 4680. The van der Waals surface area contributed by atoms with Gasteiger partial charge in [-0.25, -0.2) is 31.9 Å². The molecule has 4 aromatic carbocycles. The van der Waals surface area contributed by atoms with Crippen molar-refractivity contribution in [3.8, 4) is 20.9 Å². The van der Waals surface area contributed by atoms with Crippen LogP contribution in [0.15, 0.2) is 89.9 Å². The summed E-state index contributed by atoms with van der Waals surface area (Å²) in [5.41, 5.74) is 7.35. The van der Waals surface area contributed by atoms with Crippen LogP contribution in [0.4, 0.5) is 33.3 Å². The Balaban J connectivity index is 0.000000310. The second-order valence-electron chi connectivity index (χ2n) is 33.9.